The second kappa shape index (κ2) is 3.48. The lowest BCUT2D eigenvalue weighted by molar-refractivity contribution is 0.269. The van der Waals surface area contributed by atoms with E-state index >= 15 is 0 Å². The summed E-state index contributed by atoms with van der Waals surface area (Å²) in [6.45, 7) is 3.85. The zero-order valence-electron chi connectivity index (χ0n) is 8.04. The van der Waals surface area contributed by atoms with Crippen LogP contribution in [0.2, 0.25) is 0 Å². The zero-order valence-corrected chi connectivity index (χ0v) is 10.2. The van der Waals surface area contributed by atoms with Gasteiger partial charge in [-0.3, -0.25) is 5.10 Å². The number of nitrogens with one attached hydrogen (secondary N) is 1. The predicted molar refractivity (Wildman–Crippen MR) is 63.2 cm³/mol. The lowest BCUT2D eigenvalue weighted by atomic mass is 9.89. The van der Waals surface area contributed by atoms with Crippen LogP contribution in [0.1, 0.15) is 24.5 Å². The summed E-state index contributed by atoms with van der Waals surface area (Å²) in [5.41, 5.74) is 1.38. The van der Waals surface area contributed by atoms with Gasteiger partial charge in [-0.15, -0.1) is 0 Å². The third kappa shape index (κ3) is 1.39. The number of rotatable bonds is 1. The van der Waals surface area contributed by atoms with Gasteiger partial charge >= 0.3 is 0 Å². The summed E-state index contributed by atoms with van der Waals surface area (Å²) in [6, 6.07) is 0. The van der Waals surface area contributed by atoms with Crippen LogP contribution in [0.25, 0.3) is 0 Å². The van der Waals surface area contributed by atoms with Gasteiger partial charge in [0.05, 0.1) is 15.5 Å². The molecule has 2 bridgehead atoms. The standard InChI is InChI=1S/C10H14IN3/c11-9-4-12-13-10(9)8-6-14-3-1-2-7(8)5-14/h4,7-8H,1-3,5-6H2,(H,12,13). The molecule has 2 saturated heterocycles. The Balaban J connectivity index is 1.89. The Hall–Kier alpha value is -0.100. The van der Waals surface area contributed by atoms with Crippen molar-refractivity contribution < 1.29 is 0 Å². The number of piperidine rings is 1. The molecule has 1 aromatic heterocycles. The number of hydrogen-bond donors (Lipinski definition) is 1. The quantitative estimate of drug-likeness (QED) is 0.803. The summed E-state index contributed by atoms with van der Waals surface area (Å²) in [5, 5.41) is 7.31. The molecule has 0 radical (unpaired) electrons. The number of hydrogen-bond acceptors (Lipinski definition) is 2. The average molecular weight is 303 g/mol. The molecule has 14 heavy (non-hydrogen) atoms. The molecule has 2 aliphatic rings. The van der Waals surface area contributed by atoms with Gasteiger partial charge in [0.25, 0.3) is 0 Å². The molecule has 0 aromatic carbocycles. The molecule has 3 atom stereocenters. The lowest BCUT2D eigenvalue weighted by Crippen LogP contribution is -2.25. The minimum atomic E-state index is 0.715. The number of halogens is 1. The maximum absolute atomic E-state index is 4.13. The molecule has 4 heteroatoms. The molecular formula is C10H14IN3. The minimum Gasteiger partial charge on any atom is -0.302 e. The molecule has 3 rings (SSSR count). The zero-order chi connectivity index (χ0) is 9.54. The Kier molecular flexibility index (Phi) is 2.28. The maximum Gasteiger partial charge on any atom is 0.0624 e. The van der Waals surface area contributed by atoms with Crippen molar-refractivity contribution in [2.45, 2.75) is 18.8 Å². The third-order valence-electron chi connectivity index (χ3n) is 3.56. The Labute approximate surface area is 97.4 Å². The summed E-state index contributed by atoms with van der Waals surface area (Å²) in [5.74, 6) is 1.59. The van der Waals surface area contributed by atoms with E-state index in [1.54, 1.807) is 0 Å². The highest BCUT2D eigenvalue weighted by Crippen LogP contribution is 2.39. The van der Waals surface area contributed by atoms with E-state index in [9.17, 15) is 0 Å². The van der Waals surface area contributed by atoms with E-state index in [0.29, 0.717) is 5.92 Å². The molecule has 2 aliphatic heterocycles. The van der Waals surface area contributed by atoms with E-state index in [1.165, 1.54) is 41.7 Å². The van der Waals surface area contributed by atoms with Crippen molar-refractivity contribution in [3.05, 3.63) is 15.5 Å². The van der Waals surface area contributed by atoms with Crippen molar-refractivity contribution in [1.82, 2.24) is 15.1 Å². The second-order valence-electron chi connectivity index (χ2n) is 4.40. The van der Waals surface area contributed by atoms with Gasteiger partial charge in [-0.05, 0) is 47.9 Å². The molecule has 3 unspecified atom stereocenters. The summed E-state index contributed by atoms with van der Waals surface area (Å²) >= 11 is 2.39. The van der Waals surface area contributed by atoms with Gasteiger partial charge in [-0.25, -0.2) is 0 Å². The van der Waals surface area contributed by atoms with Gasteiger partial charge in [0.2, 0.25) is 0 Å². The van der Waals surface area contributed by atoms with Gasteiger partial charge in [-0.2, -0.15) is 5.10 Å². The van der Waals surface area contributed by atoms with Crippen LogP contribution in [0.3, 0.4) is 0 Å². The van der Waals surface area contributed by atoms with E-state index in [-0.39, 0.29) is 0 Å². The summed E-state index contributed by atoms with van der Waals surface area (Å²) in [6.07, 6.45) is 4.72. The summed E-state index contributed by atoms with van der Waals surface area (Å²) in [4.78, 5) is 2.59. The lowest BCUT2D eigenvalue weighted by Gasteiger charge is -2.21. The average Bonchev–Trinajstić information content (AvgIpc) is 2.71. The Morgan fingerprint density at radius 3 is 3.14 bits per heavy atom. The molecule has 1 aromatic rings. The number of aromatic amines is 1. The first-order valence-electron chi connectivity index (χ1n) is 5.25. The first-order valence-corrected chi connectivity index (χ1v) is 6.33. The van der Waals surface area contributed by atoms with Crippen LogP contribution in [-0.4, -0.2) is 34.7 Å². The topological polar surface area (TPSA) is 31.9 Å². The number of fused-ring (bicyclic) bond motifs is 2. The van der Waals surface area contributed by atoms with E-state index < -0.39 is 0 Å². The number of H-pyrrole nitrogens is 1. The van der Waals surface area contributed by atoms with Crippen LogP contribution in [0.15, 0.2) is 6.20 Å². The van der Waals surface area contributed by atoms with Crippen LogP contribution in [0.4, 0.5) is 0 Å². The second-order valence-corrected chi connectivity index (χ2v) is 5.56. The van der Waals surface area contributed by atoms with Crippen molar-refractivity contribution in [2.24, 2.45) is 5.92 Å². The van der Waals surface area contributed by atoms with Gasteiger partial charge in [0, 0.05) is 19.0 Å². The molecular weight excluding hydrogens is 289 g/mol. The van der Waals surface area contributed by atoms with Crippen molar-refractivity contribution in [2.75, 3.05) is 19.6 Å². The molecule has 0 aliphatic carbocycles. The fourth-order valence-corrected chi connectivity index (χ4v) is 3.54. The van der Waals surface area contributed by atoms with Gasteiger partial charge < -0.3 is 4.90 Å². The largest absolute Gasteiger partial charge is 0.302 e. The highest BCUT2D eigenvalue weighted by atomic mass is 127. The molecule has 3 heterocycles. The first kappa shape index (κ1) is 9.15. The molecule has 2 fully saturated rings. The fraction of sp³-hybridized carbons (Fsp3) is 0.700. The van der Waals surface area contributed by atoms with Gasteiger partial charge in [-0.1, -0.05) is 0 Å². The molecule has 0 spiro atoms. The van der Waals surface area contributed by atoms with E-state index in [2.05, 4.69) is 37.7 Å². The summed E-state index contributed by atoms with van der Waals surface area (Å²) in [7, 11) is 0. The molecule has 0 amide bonds. The minimum absolute atomic E-state index is 0.715. The van der Waals surface area contributed by atoms with Crippen molar-refractivity contribution in [3.8, 4) is 0 Å². The van der Waals surface area contributed by atoms with Crippen LogP contribution < -0.4 is 0 Å². The number of aromatic nitrogens is 2. The van der Waals surface area contributed by atoms with Crippen molar-refractivity contribution in [1.29, 1.82) is 0 Å². The Morgan fingerprint density at radius 2 is 2.43 bits per heavy atom. The highest BCUT2D eigenvalue weighted by Gasteiger charge is 2.37. The maximum atomic E-state index is 4.13. The van der Waals surface area contributed by atoms with Gasteiger partial charge in [0.1, 0.15) is 0 Å². The van der Waals surface area contributed by atoms with Crippen LogP contribution in [0, 0.1) is 9.49 Å². The molecule has 0 saturated carbocycles. The SMILES string of the molecule is Ic1cn[nH]c1C1CN2CCCC1C2. The number of nitrogens with zero attached hydrogens (tertiary/aromatic N) is 2. The highest BCUT2D eigenvalue weighted by molar-refractivity contribution is 14.1. The Morgan fingerprint density at radius 1 is 1.50 bits per heavy atom. The van der Waals surface area contributed by atoms with E-state index in [1.807, 2.05) is 6.20 Å². The molecule has 1 N–H and O–H groups in total. The van der Waals surface area contributed by atoms with Crippen LogP contribution in [0.5, 0.6) is 0 Å². The van der Waals surface area contributed by atoms with Crippen molar-refractivity contribution in [3.63, 3.8) is 0 Å². The van der Waals surface area contributed by atoms with Gasteiger partial charge in [0.15, 0.2) is 0 Å². The van der Waals surface area contributed by atoms with Crippen LogP contribution >= 0.6 is 22.6 Å². The fourth-order valence-electron chi connectivity index (χ4n) is 2.88. The predicted octanol–water partition coefficient (Wildman–Crippen LogP) is 1.82. The molecule has 3 nitrogen and oxygen atoms in total. The van der Waals surface area contributed by atoms with E-state index in [4.69, 9.17) is 0 Å². The first-order chi connectivity index (χ1) is 6.84. The van der Waals surface area contributed by atoms with Crippen molar-refractivity contribution >= 4 is 22.6 Å². The smallest absolute Gasteiger partial charge is 0.0624 e. The van der Waals surface area contributed by atoms with E-state index in [0.717, 1.165) is 5.92 Å². The third-order valence-corrected chi connectivity index (χ3v) is 4.42. The molecule has 76 valence electrons. The summed E-state index contributed by atoms with van der Waals surface area (Å²) < 4.78 is 1.31. The Bertz CT molecular complexity index is 336. The normalized spacial score (nSPS) is 36.2. The van der Waals surface area contributed by atoms with Crippen LogP contribution in [-0.2, 0) is 0 Å². The monoisotopic (exact) mass is 303 g/mol.